The Bertz CT molecular complexity index is 2030. The molecule has 1 heterocycles. The maximum absolute atomic E-state index is 6.26. The number of rotatable bonds is 3. The van der Waals surface area contributed by atoms with Gasteiger partial charge in [0.2, 0.25) is 0 Å². The Hall–Kier alpha value is -5.14. The summed E-state index contributed by atoms with van der Waals surface area (Å²) in [5.74, 6) is 1.83. The first-order chi connectivity index (χ1) is 19.3. The van der Waals surface area contributed by atoms with Gasteiger partial charge in [0.15, 0.2) is 0 Å². The molecule has 7 aromatic rings. The van der Waals surface area contributed by atoms with Gasteiger partial charge in [0.05, 0.1) is 0 Å². The van der Waals surface area contributed by atoms with Gasteiger partial charge in [-0.15, -0.1) is 0 Å². The molecule has 39 heavy (non-hydrogen) atoms. The molecule has 0 saturated carbocycles. The molecule has 8 rings (SSSR count). The molecule has 0 unspecified atom stereocenters. The van der Waals surface area contributed by atoms with Crippen LogP contribution in [0.5, 0.6) is 11.5 Å². The van der Waals surface area contributed by atoms with Gasteiger partial charge >= 0.3 is 0 Å². The van der Waals surface area contributed by atoms with Crippen molar-refractivity contribution in [2.24, 2.45) is 0 Å². The fourth-order valence-corrected chi connectivity index (χ4v) is 6.06. The van der Waals surface area contributed by atoms with E-state index in [4.69, 9.17) is 4.74 Å². The van der Waals surface area contributed by atoms with Crippen LogP contribution in [-0.2, 0) is 0 Å². The second kappa shape index (κ2) is 8.72. The number of hydrogen-bond acceptors (Lipinski definition) is 1. The van der Waals surface area contributed by atoms with Crippen LogP contribution in [0.3, 0.4) is 0 Å². The quantitative estimate of drug-likeness (QED) is 0.236. The lowest BCUT2D eigenvalue weighted by molar-refractivity contribution is 0.487. The normalized spacial score (nSPS) is 11.8. The molecule has 0 aliphatic carbocycles. The van der Waals surface area contributed by atoms with Crippen LogP contribution in [0.2, 0.25) is 0 Å². The summed E-state index contributed by atoms with van der Waals surface area (Å²) >= 11 is 0. The van der Waals surface area contributed by atoms with Gasteiger partial charge < -0.3 is 4.74 Å². The van der Waals surface area contributed by atoms with Crippen molar-refractivity contribution in [2.45, 2.75) is 0 Å². The number of ether oxygens (including phenoxy) is 1. The first-order valence-electron chi connectivity index (χ1n) is 13.4. The minimum Gasteiger partial charge on any atom is -0.456 e. The zero-order chi connectivity index (χ0) is 25.8. The van der Waals surface area contributed by atoms with E-state index in [1.807, 2.05) is 6.07 Å². The summed E-state index contributed by atoms with van der Waals surface area (Å²) in [6.07, 6.45) is 0. The third-order valence-corrected chi connectivity index (χ3v) is 7.83. The average Bonchev–Trinajstić information content (AvgIpc) is 3.01. The van der Waals surface area contributed by atoms with Crippen molar-refractivity contribution in [1.82, 2.24) is 0 Å². The van der Waals surface area contributed by atoms with E-state index in [-0.39, 0.29) is 0 Å². The molecule has 0 saturated heterocycles. The van der Waals surface area contributed by atoms with Crippen molar-refractivity contribution in [3.63, 3.8) is 0 Å². The highest BCUT2D eigenvalue weighted by atomic mass is 16.5. The second-order valence-electron chi connectivity index (χ2n) is 10.1. The first-order valence-corrected chi connectivity index (χ1v) is 13.4. The number of para-hydroxylation sites is 1. The first kappa shape index (κ1) is 21.9. The van der Waals surface area contributed by atoms with E-state index in [0.29, 0.717) is 0 Å². The zero-order valence-electron chi connectivity index (χ0n) is 21.3. The Morgan fingerprint density at radius 2 is 0.923 bits per heavy atom. The van der Waals surface area contributed by atoms with E-state index in [1.165, 1.54) is 60.5 Å². The minimum absolute atomic E-state index is 0.910. The van der Waals surface area contributed by atoms with Gasteiger partial charge in [0, 0.05) is 10.9 Å². The fraction of sp³-hybridized carbons (Fsp3) is 0. The summed E-state index contributed by atoms with van der Waals surface area (Å²) in [7, 11) is 0. The number of fused-ring (bicyclic) bond motifs is 3. The minimum atomic E-state index is 0.910. The Morgan fingerprint density at radius 3 is 1.79 bits per heavy atom. The van der Waals surface area contributed by atoms with Crippen molar-refractivity contribution >= 4 is 21.5 Å². The van der Waals surface area contributed by atoms with Gasteiger partial charge in [0.1, 0.15) is 11.5 Å². The SMILES string of the molecule is c1ccc(-c2cccc3cccc(-c4cccc(-c5cc6c7c(cccc7c5)Oc5ccccc5-6)c4)c23)cc1. The molecule has 0 N–H and O–H groups in total. The van der Waals surface area contributed by atoms with E-state index < -0.39 is 0 Å². The summed E-state index contributed by atoms with van der Waals surface area (Å²) in [6.45, 7) is 0. The van der Waals surface area contributed by atoms with Crippen LogP contribution >= 0.6 is 0 Å². The molecule has 1 aliphatic heterocycles. The molecule has 182 valence electrons. The number of benzene rings is 7. The van der Waals surface area contributed by atoms with Gasteiger partial charge in [-0.05, 0) is 85.4 Å². The molecular weight excluding hydrogens is 472 g/mol. The molecule has 0 atom stereocenters. The Morgan fingerprint density at radius 1 is 0.308 bits per heavy atom. The van der Waals surface area contributed by atoms with Crippen molar-refractivity contribution in [2.75, 3.05) is 0 Å². The van der Waals surface area contributed by atoms with Crippen LogP contribution in [0.15, 0.2) is 146 Å². The van der Waals surface area contributed by atoms with Crippen LogP contribution in [0.1, 0.15) is 0 Å². The van der Waals surface area contributed by atoms with Gasteiger partial charge in [-0.2, -0.15) is 0 Å². The van der Waals surface area contributed by atoms with Crippen molar-refractivity contribution < 1.29 is 4.74 Å². The predicted molar refractivity (Wildman–Crippen MR) is 163 cm³/mol. The molecule has 0 radical (unpaired) electrons. The van der Waals surface area contributed by atoms with Crippen LogP contribution in [0.25, 0.3) is 66.1 Å². The van der Waals surface area contributed by atoms with Crippen LogP contribution in [0.4, 0.5) is 0 Å². The maximum atomic E-state index is 6.26. The monoisotopic (exact) mass is 496 g/mol. The third kappa shape index (κ3) is 3.55. The third-order valence-electron chi connectivity index (χ3n) is 7.83. The smallest absolute Gasteiger partial charge is 0.135 e. The van der Waals surface area contributed by atoms with Crippen molar-refractivity contribution in [3.05, 3.63) is 146 Å². The lowest BCUT2D eigenvalue weighted by Crippen LogP contribution is -1.97. The molecule has 0 aromatic heterocycles. The van der Waals surface area contributed by atoms with Crippen molar-refractivity contribution in [1.29, 1.82) is 0 Å². The standard InChI is InChI=1S/C38H24O/c1-2-10-25(11-3-1)31-18-7-12-26-13-8-19-32(37(26)31)28-15-6-14-27(22-28)30-23-29-16-9-21-36-38(29)34(24-30)33-17-4-5-20-35(33)39-36/h1-24H. The van der Waals surface area contributed by atoms with Crippen LogP contribution in [-0.4, -0.2) is 0 Å². The molecule has 7 aromatic carbocycles. The van der Waals surface area contributed by atoms with E-state index in [1.54, 1.807) is 0 Å². The van der Waals surface area contributed by atoms with Crippen LogP contribution in [0, 0.1) is 0 Å². The molecule has 0 spiro atoms. The summed E-state index contributed by atoms with van der Waals surface area (Å²) in [4.78, 5) is 0. The topological polar surface area (TPSA) is 9.23 Å². The molecule has 0 amide bonds. The Labute approximate surface area is 227 Å². The summed E-state index contributed by atoms with van der Waals surface area (Å²) < 4.78 is 6.26. The molecule has 1 aliphatic rings. The summed E-state index contributed by atoms with van der Waals surface area (Å²) in [5.41, 5.74) is 9.73. The van der Waals surface area contributed by atoms with Gasteiger partial charge in [0.25, 0.3) is 0 Å². The molecule has 1 nitrogen and oxygen atoms in total. The summed E-state index contributed by atoms with van der Waals surface area (Å²) in [5, 5.41) is 4.90. The molecule has 0 bridgehead atoms. The van der Waals surface area contributed by atoms with E-state index in [0.717, 1.165) is 17.1 Å². The second-order valence-corrected chi connectivity index (χ2v) is 10.1. The van der Waals surface area contributed by atoms with Crippen LogP contribution < -0.4 is 4.74 Å². The number of hydrogen-bond donors (Lipinski definition) is 0. The maximum Gasteiger partial charge on any atom is 0.135 e. The molecular formula is C38H24O. The van der Waals surface area contributed by atoms with Gasteiger partial charge in [-0.3, -0.25) is 0 Å². The molecule has 0 fully saturated rings. The zero-order valence-corrected chi connectivity index (χ0v) is 21.3. The van der Waals surface area contributed by atoms with Crippen molar-refractivity contribution in [3.8, 4) is 56.0 Å². The van der Waals surface area contributed by atoms with E-state index >= 15 is 0 Å². The fourth-order valence-electron chi connectivity index (χ4n) is 6.06. The van der Waals surface area contributed by atoms with Gasteiger partial charge in [-0.25, -0.2) is 0 Å². The highest BCUT2D eigenvalue weighted by molar-refractivity contribution is 6.08. The Kier molecular flexibility index (Phi) is 4.89. The highest BCUT2D eigenvalue weighted by Crippen LogP contribution is 2.48. The lowest BCUT2D eigenvalue weighted by Gasteiger charge is -2.22. The summed E-state index contributed by atoms with van der Waals surface area (Å²) in [6, 6.07) is 52.1. The Balaban J connectivity index is 1.33. The molecule has 1 heteroatoms. The van der Waals surface area contributed by atoms with Gasteiger partial charge in [-0.1, -0.05) is 115 Å². The average molecular weight is 497 g/mol. The van der Waals surface area contributed by atoms with E-state index in [2.05, 4.69) is 140 Å². The largest absolute Gasteiger partial charge is 0.456 e. The lowest BCUT2D eigenvalue weighted by atomic mass is 9.88. The predicted octanol–water partition coefficient (Wildman–Crippen LogP) is 10.8. The van der Waals surface area contributed by atoms with E-state index in [9.17, 15) is 0 Å². The highest BCUT2D eigenvalue weighted by Gasteiger charge is 2.20.